The number of rotatable bonds is 4. The van der Waals surface area contributed by atoms with E-state index in [2.05, 4.69) is 0 Å². The lowest BCUT2D eigenvalue weighted by atomic mass is 10.2. The van der Waals surface area contributed by atoms with Crippen molar-refractivity contribution >= 4 is 40.8 Å². The number of halogens is 4. The van der Waals surface area contributed by atoms with Crippen molar-refractivity contribution in [3.05, 3.63) is 63.6 Å². The fraction of sp³-hybridized carbons (Fsp3) is 0.0667. The molecule has 0 fully saturated rings. The second-order valence-corrected chi connectivity index (χ2v) is 5.19. The highest BCUT2D eigenvalue weighted by Crippen LogP contribution is 2.22. The van der Waals surface area contributed by atoms with E-state index in [0.717, 1.165) is 18.2 Å². The quantitative estimate of drug-likeness (QED) is 0.837. The molecular weight excluding hydrogens is 351 g/mol. The molecule has 0 radical (unpaired) electrons. The summed E-state index contributed by atoms with van der Waals surface area (Å²) < 4.78 is 31.5. The summed E-state index contributed by atoms with van der Waals surface area (Å²) in [4.78, 5) is 23.4. The Labute approximate surface area is 140 Å². The number of esters is 1. The molecule has 0 spiro atoms. The number of carbonyl (C=O) groups is 2. The van der Waals surface area contributed by atoms with E-state index in [-0.39, 0.29) is 10.6 Å². The average Bonchev–Trinajstić information content (AvgIpc) is 2.49. The third-order valence-electron chi connectivity index (χ3n) is 2.71. The molecule has 0 saturated carbocycles. The van der Waals surface area contributed by atoms with Gasteiger partial charge >= 0.3 is 5.97 Å². The van der Waals surface area contributed by atoms with E-state index in [1.54, 1.807) is 0 Å². The molecule has 4 nitrogen and oxygen atoms in total. The van der Waals surface area contributed by atoms with Gasteiger partial charge in [-0.25, -0.2) is 13.6 Å². The molecule has 1 amide bonds. The van der Waals surface area contributed by atoms with Crippen LogP contribution in [-0.2, 0) is 9.53 Å². The summed E-state index contributed by atoms with van der Waals surface area (Å²) in [5.74, 6) is -3.64. The molecule has 0 saturated heterocycles. The Bertz CT molecular complexity index is 748. The summed E-state index contributed by atoms with van der Waals surface area (Å²) in [5, 5.41) is 2.38. The number of amides is 1. The Hall–Kier alpha value is -2.18. The van der Waals surface area contributed by atoms with Gasteiger partial charge in [-0.1, -0.05) is 29.3 Å². The van der Waals surface area contributed by atoms with Crippen molar-refractivity contribution in [1.82, 2.24) is 0 Å². The lowest BCUT2D eigenvalue weighted by molar-refractivity contribution is -0.119. The first-order valence-corrected chi connectivity index (χ1v) is 7.00. The monoisotopic (exact) mass is 359 g/mol. The molecule has 2 aromatic rings. The van der Waals surface area contributed by atoms with Crippen LogP contribution in [0.1, 0.15) is 10.4 Å². The number of hydrogen-bond acceptors (Lipinski definition) is 3. The summed E-state index contributed by atoms with van der Waals surface area (Å²) in [5.41, 5.74) is -0.598. The third kappa shape index (κ3) is 4.40. The molecule has 0 aliphatic rings. The lowest BCUT2D eigenvalue weighted by Crippen LogP contribution is -2.22. The molecule has 0 aliphatic heterocycles. The number of benzene rings is 2. The minimum absolute atomic E-state index is 0.0148. The second kappa shape index (κ2) is 7.39. The molecular formula is C15H9Cl2F2NO3. The predicted molar refractivity (Wildman–Crippen MR) is 81.7 cm³/mol. The van der Waals surface area contributed by atoms with Gasteiger partial charge in [0.05, 0.1) is 10.6 Å². The topological polar surface area (TPSA) is 55.4 Å². The molecule has 0 heterocycles. The average molecular weight is 360 g/mol. The van der Waals surface area contributed by atoms with Gasteiger partial charge in [0.25, 0.3) is 5.91 Å². The van der Waals surface area contributed by atoms with Gasteiger partial charge < -0.3 is 10.1 Å². The molecule has 0 atom stereocenters. The van der Waals surface area contributed by atoms with Gasteiger partial charge in [0.1, 0.15) is 17.3 Å². The van der Waals surface area contributed by atoms with E-state index in [9.17, 15) is 18.4 Å². The van der Waals surface area contributed by atoms with Crippen LogP contribution in [0.4, 0.5) is 14.5 Å². The Morgan fingerprint density at radius 3 is 2.35 bits per heavy atom. The van der Waals surface area contributed by atoms with E-state index in [4.69, 9.17) is 27.9 Å². The van der Waals surface area contributed by atoms with Crippen LogP contribution in [0.25, 0.3) is 0 Å². The summed E-state index contributed by atoms with van der Waals surface area (Å²) in [7, 11) is 0. The first kappa shape index (κ1) is 17.2. The van der Waals surface area contributed by atoms with Crippen molar-refractivity contribution in [2.75, 3.05) is 11.9 Å². The first-order chi connectivity index (χ1) is 10.9. The van der Waals surface area contributed by atoms with Crippen molar-refractivity contribution < 1.29 is 23.1 Å². The smallest absolute Gasteiger partial charge is 0.340 e. The van der Waals surface area contributed by atoms with E-state index in [1.165, 1.54) is 18.2 Å². The summed E-state index contributed by atoms with van der Waals surface area (Å²) in [6, 6.07) is 7.23. The summed E-state index contributed by atoms with van der Waals surface area (Å²) in [6.07, 6.45) is 0. The lowest BCUT2D eigenvalue weighted by Gasteiger charge is -2.09. The second-order valence-electron chi connectivity index (χ2n) is 4.35. The Morgan fingerprint density at radius 1 is 1.09 bits per heavy atom. The van der Waals surface area contributed by atoms with E-state index < -0.39 is 35.8 Å². The zero-order valence-corrected chi connectivity index (χ0v) is 12.9. The Kier molecular flexibility index (Phi) is 5.52. The molecule has 2 aromatic carbocycles. The summed E-state index contributed by atoms with van der Waals surface area (Å²) >= 11 is 11.5. The van der Waals surface area contributed by atoms with Crippen LogP contribution in [0.5, 0.6) is 0 Å². The van der Waals surface area contributed by atoms with Crippen LogP contribution >= 0.6 is 23.2 Å². The largest absolute Gasteiger partial charge is 0.452 e. The van der Waals surface area contributed by atoms with Crippen LogP contribution < -0.4 is 5.32 Å². The zero-order chi connectivity index (χ0) is 17.0. The number of carbonyl (C=O) groups excluding carboxylic acids is 2. The number of anilines is 1. The molecule has 1 N–H and O–H groups in total. The van der Waals surface area contributed by atoms with E-state index >= 15 is 0 Å². The van der Waals surface area contributed by atoms with Gasteiger partial charge in [0.15, 0.2) is 6.61 Å². The van der Waals surface area contributed by atoms with Crippen LogP contribution in [0.15, 0.2) is 36.4 Å². The Balaban J connectivity index is 1.98. The highest BCUT2D eigenvalue weighted by atomic mass is 35.5. The SMILES string of the molecule is O=C(COC(=O)c1ccc(Cl)cc1Cl)Nc1c(F)cccc1F. The van der Waals surface area contributed by atoms with Gasteiger partial charge in [-0.05, 0) is 30.3 Å². The van der Waals surface area contributed by atoms with Crippen LogP contribution in [0, 0.1) is 11.6 Å². The minimum Gasteiger partial charge on any atom is -0.452 e. The van der Waals surface area contributed by atoms with Gasteiger partial charge in [0.2, 0.25) is 0 Å². The molecule has 0 bridgehead atoms. The molecule has 120 valence electrons. The molecule has 2 rings (SSSR count). The fourth-order valence-electron chi connectivity index (χ4n) is 1.66. The van der Waals surface area contributed by atoms with Crippen LogP contribution in [-0.4, -0.2) is 18.5 Å². The van der Waals surface area contributed by atoms with Crippen LogP contribution in [0.2, 0.25) is 10.0 Å². The van der Waals surface area contributed by atoms with E-state index in [0.29, 0.717) is 5.02 Å². The number of ether oxygens (including phenoxy) is 1. The fourth-order valence-corrected chi connectivity index (χ4v) is 2.14. The maximum Gasteiger partial charge on any atom is 0.340 e. The molecule has 23 heavy (non-hydrogen) atoms. The van der Waals surface area contributed by atoms with Gasteiger partial charge in [0, 0.05) is 5.02 Å². The molecule has 0 aromatic heterocycles. The number of nitrogens with one attached hydrogen (secondary N) is 1. The highest BCUT2D eigenvalue weighted by molar-refractivity contribution is 6.36. The zero-order valence-electron chi connectivity index (χ0n) is 11.4. The number of hydrogen-bond donors (Lipinski definition) is 1. The maximum absolute atomic E-state index is 13.4. The van der Waals surface area contributed by atoms with Crippen LogP contribution in [0.3, 0.4) is 0 Å². The normalized spacial score (nSPS) is 10.3. The van der Waals surface area contributed by atoms with Crippen molar-refractivity contribution in [1.29, 1.82) is 0 Å². The van der Waals surface area contributed by atoms with Crippen molar-refractivity contribution in [3.63, 3.8) is 0 Å². The standard InChI is InChI=1S/C15H9Cl2F2NO3/c16-8-4-5-9(10(17)6-8)15(22)23-7-13(21)20-14-11(18)2-1-3-12(14)19/h1-6H,7H2,(H,20,21). The minimum atomic E-state index is -0.939. The summed E-state index contributed by atoms with van der Waals surface area (Å²) in [6.45, 7) is -0.731. The van der Waals surface area contributed by atoms with Gasteiger partial charge in [-0.2, -0.15) is 0 Å². The van der Waals surface area contributed by atoms with E-state index in [1.807, 2.05) is 5.32 Å². The molecule has 0 unspecified atom stereocenters. The maximum atomic E-state index is 13.4. The van der Waals surface area contributed by atoms with Crippen molar-refractivity contribution in [2.24, 2.45) is 0 Å². The Morgan fingerprint density at radius 2 is 1.74 bits per heavy atom. The first-order valence-electron chi connectivity index (χ1n) is 6.24. The molecule has 8 heteroatoms. The van der Waals surface area contributed by atoms with Crippen molar-refractivity contribution in [3.8, 4) is 0 Å². The third-order valence-corrected chi connectivity index (χ3v) is 3.26. The van der Waals surface area contributed by atoms with Crippen molar-refractivity contribution in [2.45, 2.75) is 0 Å². The number of para-hydroxylation sites is 1. The highest BCUT2D eigenvalue weighted by Gasteiger charge is 2.16. The van der Waals surface area contributed by atoms with Gasteiger partial charge in [-0.15, -0.1) is 0 Å². The molecule has 0 aliphatic carbocycles. The van der Waals surface area contributed by atoms with Gasteiger partial charge in [-0.3, -0.25) is 4.79 Å². The predicted octanol–water partition coefficient (Wildman–Crippen LogP) is 4.07.